The molecule has 2 N–H and O–H groups in total. The molecule has 4 nitrogen and oxygen atoms in total. The number of nitrogens with zero attached hydrogens (tertiary/aromatic N) is 1. The van der Waals surface area contributed by atoms with Crippen molar-refractivity contribution < 1.29 is 9.18 Å². The van der Waals surface area contributed by atoms with Crippen molar-refractivity contribution >= 4 is 28.4 Å². The summed E-state index contributed by atoms with van der Waals surface area (Å²) in [5.41, 5.74) is 4.12. The lowest BCUT2D eigenvalue weighted by atomic mass is 9.87. The Hall–Kier alpha value is -3.18. The van der Waals surface area contributed by atoms with E-state index in [-0.39, 0.29) is 18.1 Å². The number of H-pyrrole nitrogens is 1. The molecule has 0 bridgehead atoms. The van der Waals surface area contributed by atoms with Crippen LogP contribution in [-0.4, -0.2) is 15.9 Å². The van der Waals surface area contributed by atoms with Crippen LogP contribution in [0, 0.1) is 12.7 Å². The molecule has 6 heteroatoms. The molecule has 0 fully saturated rings. The fraction of sp³-hybridized carbons (Fsp3) is 0.167. The Bertz CT molecular complexity index is 1190. The molecule has 0 aliphatic rings. The average molecular weight is 422 g/mol. The van der Waals surface area contributed by atoms with E-state index in [0.717, 1.165) is 27.6 Å². The third-order valence-corrected chi connectivity index (χ3v) is 5.44. The molecule has 2 aromatic carbocycles. The summed E-state index contributed by atoms with van der Waals surface area (Å²) in [6, 6.07) is 14.2. The molecule has 0 aliphatic carbocycles. The van der Waals surface area contributed by atoms with E-state index in [1.165, 1.54) is 6.07 Å². The third kappa shape index (κ3) is 4.36. The quantitative estimate of drug-likeness (QED) is 0.431. The predicted octanol–water partition coefficient (Wildman–Crippen LogP) is 5.50. The number of carbonyl (C=O) groups is 1. The third-order valence-electron chi connectivity index (χ3n) is 5.21. The van der Waals surface area contributed by atoms with E-state index in [1.54, 1.807) is 30.6 Å². The Kier molecular flexibility index (Phi) is 5.81. The maximum atomic E-state index is 14.8. The van der Waals surface area contributed by atoms with Gasteiger partial charge in [-0.05, 0) is 60.0 Å². The van der Waals surface area contributed by atoms with Gasteiger partial charge in [0.05, 0.1) is 0 Å². The topological polar surface area (TPSA) is 57.8 Å². The van der Waals surface area contributed by atoms with Crippen LogP contribution in [0.1, 0.15) is 34.6 Å². The van der Waals surface area contributed by atoms with Crippen molar-refractivity contribution in [3.05, 3.63) is 100 Å². The lowest BCUT2D eigenvalue weighted by Crippen LogP contribution is -2.25. The Morgan fingerprint density at radius 1 is 1.13 bits per heavy atom. The lowest BCUT2D eigenvalue weighted by Gasteiger charge is -2.19. The second-order valence-corrected chi connectivity index (χ2v) is 7.78. The normalized spacial score (nSPS) is 12.1. The number of halogens is 2. The molecule has 1 amide bonds. The highest BCUT2D eigenvalue weighted by molar-refractivity contribution is 6.31. The highest BCUT2D eigenvalue weighted by Crippen LogP contribution is 2.36. The molecular weight excluding hydrogens is 401 g/mol. The van der Waals surface area contributed by atoms with Crippen molar-refractivity contribution in [2.45, 2.75) is 25.8 Å². The molecule has 0 radical (unpaired) electrons. The summed E-state index contributed by atoms with van der Waals surface area (Å²) in [6.45, 7) is 2.31. The Balaban J connectivity index is 1.68. The van der Waals surface area contributed by atoms with Crippen LogP contribution in [0.3, 0.4) is 0 Å². The highest BCUT2D eigenvalue weighted by atomic mass is 35.5. The van der Waals surface area contributed by atoms with Crippen LogP contribution in [0.25, 0.3) is 10.9 Å². The van der Waals surface area contributed by atoms with Crippen molar-refractivity contribution in [1.29, 1.82) is 0 Å². The Morgan fingerprint density at radius 3 is 2.73 bits per heavy atom. The number of hydrogen-bond donors (Lipinski definition) is 2. The van der Waals surface area contributed by atoms with E-state index < -0.39 is 5.92 Å². The van der Waals surface area contributed by atoms with Crippen molar-refractivity contribution in [3.63, 3.8) is 0 Å². The van der Waals surface area contributed by atoms with Gasteiger partial charge < -0.3 is 10.3 Å². The van der Waals surface area contributed by atoms with Crippen molar-refractivity contribution in [2.75, 3.05) is 0 Å². The van der Waals surface area contributed by atoms with Gasteiger partial charge in [-0.1, -0.05) is 29.3 Å². The number of benzene rings is 2. The van der Waals surface area contributed by atoms with Crippen LogP contribution in [0.5, 0.6) is 0 Å². The maximum absolute atomic E-state index is 14.8. The number of fused-ring (bicyclic) bond motifs is 1. The van der Waals surface area contributed by atoms with Crippen LogP contribution in [-0.2, 0) is 11.3 Å². The highest BCUT2D eigenvalue weighted by Gasteiger charge is 2.24. The zero-order chi connectivity index (χ0) is 21.1. The molecule has 0 aliphatic heterocycles. The zero-order valence-electron chi connectivity index (χ0n) is 16.5. The number of carbonyl (C=O) groups excluding carboxylic acids is 1. The Labute approximate surface area is 179 Å². The molecule has 2 heterocycles. The maximum Gasteiger partial charge on any atom is 0.221 e. The van der Waals surface area contributed by atoms with Gasteiger partial charge in [0, 0.05) is 53.4 Å². The number of hydrogen-bond acceptors (Lipinski definition) is 2. The first kappa shape index (κ1) is 20.1. The van der Waals surface area contributed by atoms with Gasteiger partial charge >= 0.3 is 0 Å². The summed E-state index contributed by atoms with van der Waals surface area (Å²) in [6.07, 6.45) is 5.32. The fourth-order valence-electron chi connectivity index (χ4n) is 3.68. The molecule has 1 atom stereocenters. The molecule has 0 saturated carbocycles. The van der Waals surface area contributed by atoms with Gasteiger partial charge in [0.2, 0.25) is 5.91 Å². The van der Waals surface area contributed by atoms with E-state index in [2.05, 4.69) is 15.3 Å². The number of rotatable bonds is 6. The van der Waals surface area contributed by atoms with E-state index in [9.17, 15) is 9.18 Å². The SMILES string of the molecule is Cc1ccc(F)c([C@@H](CC(=O)NCc2ccncc2)c2c[nH]c3ccc(Cl)cc23)c1. The average Bonchev–Trinajstić information content (AvgIpc) is 3.16. The zero-order valence-corrected chi connectivity index (χ0v) is 17.2. The molecule has 152 valence electrons. The number of aryl methyl sites for hydroxylation is 1. The minimum atomic E-state index is -0.449. The van der Waals surface area contributed by atoms with E-state index >= 15 is 0 Å². The van der Waals surface area contributed by atoms with Crippen LogP contribution in [0.4, 0.5) is 4.39 Å². The molecule has 0 unspecified atom stereocenters. The molecule has 2 aromatic heterocycles. The Morgan fingerprint density at radius 2 is 1.93 bits per heavy atom. The minimum absolute atomic E-state index is 0.116. The fourth-order valence-corrected chi connectivity index (χ4v) is 3.85. The first-order chi connectivity index (χ1) is 14.5. The van der Waals surface area contributed by atoms with Gasteiger partial charge in [-0.2, -0.15) is 0 Å². The molecule has 0 saturated heterocycles. The van der Waals surface area contributed by atoms with Crippen molar-refractivity contribution in [3.8, 4) is 0 Å². The summed E-state index contributed by atoms with van der Waals surface area (Å²) >= 11 is 6.21. The monoisotopic (exact) mass is 421 g/mol. The van der Waals surface area contributed by atoms with Gasteiger partial charge in [0.15, 0.2) is 0 Å². The van der Waals surface area contributed by atoms with E-state index in [4.69, 9.17) is 11.6 Å². The summed E-state index contributed by atoms with van der Waals surface area (Å²) in [5, 5.41) is 4.41. The molecular formula is C24H21ClFN3O. The van der Waals surface area contributed by atoms with E-state index in [0.29, 0.717) is 17.1 Å². The summed E-state index contributed by atoms with van der Waals surface area (Å²) in [7, 11) is 0. The van der Waals surface area contributed by atoms with Crippen molar-refractivity contribution in [2.24, 2.45) is 0 Å². The summed E-state index contributed by atoms with van der Waals surface area (Å²) in [4.78, 5) is 20.0. The van der Waals surface area contributed by atoms with Crippen LogP contribution >= 0.6 is 11.6 Å². The second kappa shape index (κ2) is 8.67. The van der Waals surface area contributed by atoms with Crippen LogP contribution in [0.2, 0.25) is 5.02 Å². The van der Waals surface area contributed by atoms with Gasteiger partial charge in [-0.25, -0.2) is 4.39 Å². The minimum Gasteiger partial charge on any atom is -0.361 e. The first-order valence-electron chi connectivity index (χ1n) is 9.69. The molecule has 4 aromatic rings. The summed E-state index contributed by atoms with van der Waals surface area (Å²) < 4.78 is 14.8. The van der Waals surface area contributed by atoms with Gasteiger partial charge in [0.25, 0.3) is 0 Å². The summed E-state index contributed by atoms with van der Waals surface area (Å²) in [5.74, 6) is -0.937. The standard InChI is InChI=1S/C24H21ClFN3O/c1-15-2-4-22(26)19(10-15)18(12-24(30)29-13-16-6-8-27-9-7-16)21-14-28-23-5-3-17(25)11-20(21)23/h2-11,14,18,28H,12-13H2,1H3,(H,29,30)/t18-/m1/s1. The number of aromatic amines is 1. The largest absolute Gasteiger partial charge is 0.361 e. The number of aromatic nitrogens is 2. The van der Waals surface area contributed by atoms with Gasteiger partial charge in [0.1, 0.15) is 5.82 Å². The first-order valence-corrected chi connectivity index (χ1v) is 10.1. The van der Waals surface area contributed by atoms with Gasteiger partial charge in [-0.3, -0.25) is 9.78 Å². The molecule has 0 spiro atoms. The number of amides is 1. The predicted molar refractivity (Wildman–Crippen MR) is 117 cm³/mol. The van der Waals surface area contributed by atoms with Crippen molar-refractivity contribution in [1.82, 2.24) is 15.3 Å². The van der Waals surface area contributed by atoms with Gasteiger partial charge in [-0.15, -0.1) is 0 Å². The second-order valence-electron chi connectivity index (χ2n) is 7.35. The lowest BCUT2D eigenvalue weighted by molar-refractivity contribution is -0.121. The number of nitrogens with one attached hydrogen (secondary N) is 2. The van der Waals surface area contributed by atoms with Crippen LogP contribution in [0.15, 0.2) is 67.1 Å². The van der Waals surface area contributed by atoms with E-state index in [1.807, 2.05) is 37.4 Å². The molecule has 30 heavy (non-hydrogen) atoms. The smallest absolute Gasteiger partial charge is 0.221 e. The molecule has 4 rings (SSSR count). The number of pyridine rings is 1. The van der Waals surface area contributed by atoms with Crippen LogP contribution < -0.4 is 5.32 Å².